The number of hydrogen-bond donors (Lipinski definition) is 1. The summed E-state index contributed by atoms with van der Waals surface area (Å²) in [4.78, 5) is 0. The molecule has 0 heterocycles. The van der Waals surface area contributed by atoms with E-state index < -0.39 is 15.8 Å². The van der Waals surface area contributed by atoms with Crippen molar-refractivity contribution in [2.24, 2.45) is 0 Å². The van der Waals surface area contributed by atoms with Gasteiger partial charge in [-0.1, -0.05) is 0 Å². The number of hydrogen-bond acceptors (Lipinski definition) is 1. The van der Waals surface area contributed by atoms with Gasteiger partial charge in [-0.05, 0) is 55.4 Å². The Morgan fingerprint density at radius 1 is 0.769 bits per heavy atom. The Kier molecular flexibility index (Phi) is 15.3. The quantitative estimate of drug-likeness (QED) is 0.263. The van der Waals surface area contributed by atoms with Crippen molar-refractivity contribution in [3.8, 4) is 0 Å². The largest absolute Gasteiger partial charge is 0.394 e. The molecule has 0 bridgehead atoms. The van der Waals surface area contributed by atoms with Crippen molar-refractivity contribution in [3.63, 3.8) is 0 Å². The minimum atomic E-state index is -0.437. The maximum Gasteiger partial charge on any atom is 0.0624 e. The van der Waals surface area contributed by atoms with E-state index in [-0.39, 0.29) is 34.1 Å². The fourth-order valence-corrected chi connectivity index (χ4v) is 9.20. The van der Waals surface area contributed by atoms with E-state index in [0.717, 1.165) is 28.2 Å². The zero-order valence-corrected chi connectivity index (χ0v) is 22.8. The van der Waals surface area contributed by atoms with Gasteiger partial charge in [-0.3, -0.25) is 0 Å². The second kappa shape index (κ2) is 13.8. The Bertz CT molecular complexity index is 445. The van der Waals surface area contributed by atoms with Crippen LogP contribution in [0, 0.1) is 13.5 Å². The summed E-state index contributed by atoms with van der Waals surface area (Å²) >= 11 is 0. The Morgan fingerprint density at radius 2 is 1.08 bits per heavy atom. The summed E-state index contributed by atoms with van der Waals surface area (Å²) in [5.41, 5.74) is 6.84. The second-order valence-electron chi connectivity index (χ2n) is 8.32. The van der Waals surface area contributed by atoms with Crippen LogP contribution in [0.4, 0.5) is 0 Å². The van der Waals surface area contributed by atoms with E-state index in [0.29, 0.717) is 0 Å². The summed E-state index contributed by atoms with van der Waals surface area (Å²) in [7, 11) is -0.874. The van der Waals surface area contributed by atoms with Crippen LogP contribution in [0.5, 0.6) is 0 Å². The molecule has 0 saturated heterocycles. The first-order valence-electron chi connectivity index (χ1n) is 9.51. The van der Waals surface area contributed by atoms with Crippen LogP contribution in [0.3, 0.4) is 0 Å². The van der Waals surface area contributed by atoms with Gasteiger partial charge in [0, 0.05) is 42.6 Å². The van der Waals surface area contributed by atoms with Crippen molar-refractivity contribution in [2.75, 3.05) is 0 Å². The maximum atomic E-state index is 9.69. The number of aliphatic hydroxyl groups excluding tert-OH is 1. The zero-order valence-electron chi connectivity index (χ0n) is 18.4. The fourth-order valence-electron chi connectivity index (χ4n) is 3.64. The van der Waals surface area contributed by atoms with Gasteiger partial charge in [0.25, 0.3) is 0 Å². The molecule has 1 rings (SSSR count). The van der Waals surface area contributed by atoms with Crippen molar-refractivity contribution in [1.29, 1.82) is 0 Å². The Labute approximate surface area is 180 Å². The van der Waals surface area contributed by atoms with Gasteiger partial charge in [0.05, 0.1) is 35.0 Å². The molecule has 1 radical (unpaired) electrons. The van der Waals surface area contributed by atoms with Crippen molar-refractivity contribution >= 4 is 15.8 Å². The van der Waals surface area contributed by atoms with E-state index in [2.05, 4.69) is 73.6 Å². The first-order valence-corrected chi connectivity index (χ1v) is 13.2. The monoisotopic (exact) mass is 577 g/mol. The van der Waals surface area contributed by atoms with Crippen LogP contribution in [0.1, 0.15) is 72.1 Å². The average Bonchev–Trinajstić information content (AvgIpc) is 2.48. The molecule has 0 amide bonds. The Hall–Kier alpha value is 0.689. The molecule has 0 unspecified atom stereocenters. The molecule has 0 saturated carbocycles. The van der Waals surface area contributed by atoms with E-state index in [9.17, 15) is 5.11 Å². The second-order valence-corrected chi connectivity index (χ2v) is 15.9. The van der Waals surface area contributed by atoms with Crippen molar-refractivity contribution in [2.45, 2.75) is 97.0 Å². The van der Waals surface area contributed by atoms with Gasteiger partial charge in [-0.15, -0.1) is 16.7 Å². The molecule has 1 aromatic rings. The van der Waals surface area contributed by atoms with E-state index in [1.54, 1.807) is 0 Å². The number of aliphatic hydroxyl groups is 1. The molecule has 1 nitrogen and oxygen atoms in total. The standard InChI is InChI=1S/C21H37OP2.CH3.Ir/c1-15(2)23(16(3)4)13-20-9-19(12-22)10-21(11-20)14-24(17(5)6)18(7)8;;/h9-10,15-18,22H,12-14H2,1-8H3;1H3;/q2*-1;/p+2. The summed E-state index contributed by atoms with van der Waals surface area (Å²) in [6.45, 7) is 19.1. The predicted molar refractivity (Wildman–Crippen MR) is 122 cm³/mol. The Morgan fingerprint density at radius 3 is 1.31 bits per heavy atom. The molecule has 0 aromatic heterocycles. The van der Waals surface area contributed by atoms with Crippen LogP contribution in [-0.4, -0.2) is 27.7 Å². The van der Waals surface area contributed by atoms with Gasteiger partial charge < -0.3 is 12.5 Å². The third kappa shape index (κ3) is 9.26. The topological polar surface area (TPSA) is 20.2 Å². The molecule has 155 valence electrons. The Balaban J connectivity index is 0. The van der Waals surface area contributed by atoms with Gasteiger partial charge >= 0.3 is 0 Å². The maximum absolute atomic E-state index is 9.69. The molecule has 0 aliphatic rings. The summed E-state index contributed by atoms with van der Waals surface area (Å²) in [5, 5.41) is 9.69. The molecule has 1 N–H and O–H groups in total. The smallest absolute Gasteiger partial charge is 0.0624 e. The predicted octanol–water partition coefficient (Wildman–Crippen LogP) is 6.49. The molecule has 1 aromatic carbocycles. The van der Waals surface area contributed by atoms with Gasteiger partial charge in [0.15, 0.2) is 0 Å². The molecule has 0 fully saturated rings. The zero-order chi connectivity index (χ0) is 18.4. The van der Waals surface area contributed by atoms with Gasteiger partial charge in [-0.25, -0.2) is 0 Å². The molecule has 4 heteroatoms. The SMILES string of the molecule is CC(C)[PH+](Cc1[c-]c(C[PH+](C(C)C)C(C)C)cc(CO)c1)C(C)C.[CH3-].[Ir]. The fraction of sp³-hybridized carbons (Fsp3) is 0.682. The summed E-state index contributed by atoms with van der Waals surface area (Å²) < 4.78 is 0. The molecular formula is C22H42IrOP2. The molecule has 0 atom stereocenters. The average molecular weight is 577 g/mol. The van der Waals surface area contributed by atoms with Crippen LogP contribution >= 0.6 is 15.8 Å². The van der Waals surface area contributed by atoms with Crippen LogP contribution in [0.15, 0.2) is 12.1 Å². The van der Waals surface area contributed by atoms with E-state index in [4.69, 9.17) is 0 Å². The number of rotatable bonds is 9. The third-order valence-corrected chi connectivity index (χ3v) is 12.5. The van der Waals surface area contributed by atoms with Crippen molar-refractivity contribution < 1.29 is 25.2 Å². The number of benzene rings is 1. The summed E-state index contributed by atoms with van der Waals surface area (Å²) in [6.07, 6.45) is 2.35. The molecule has 0 aliphatic carbocycles. The summed E-state index contributed by atoms with van der Waals surface area (Å²) in [6, 6.07) is 8.12. The van der Waals surface area contributed by atoms with Crippen molar-refractivity contribution in [3.05, 3.63) is 42.3 Å². The van der Waals surface area contributed by atoms with E-state index in [1.165, 1.54) is 23.5 Å². The molecular weight excluding hydrogens is 534 g/mol. The molecule has 0 spiro atoms. The van der Waals surface area contributed by atoms with Crippen LogP contribution in [-0.2, 0) is 39.0 Å². The minimum absolute atomic E-state index is 0. The molecule has 0 aliphatic heterocycles. The van der Waals surface area contributed by atoms with Crippen LogP contribution in [0.25, 0.3) is 0 Å². The van der Waals surface area contributed by atoms with Crippen LogP contribution < -0.4 is 0 Å². The van der Waals surface area contributed by atoms with Gasteiger partial charge in [0.1, 0.15) is 0 Å². The third-order valence-electron chi connectivity index (χ3n) is 4.98. The van der Waals surface area contributed by atoms with E-state index >= 15 is 0 Å². The van der Waals surface area contributed by atoms with Crippen LogP contribution in [0.2, 0.25) is 0 Å². The molecule has 26 heavy (non-hydrogen) atoms. The first kappa shape index (κ1) is 28.9. The van der Waals surface area contributed by atoms with Crippen molar-refractivity contribution in [1.82, 2.24) is 0 Å². The van der Waals surface area contributed by atoms with Gasteiger partial charge in [-0.2, -0.15) is 18.2 Å². The minimum Gasteiger partial charge on any atom is -0.394 e. The summed E-state index contributed by atoms with van der Waals surface area (Å²) in [5.74, 6) is 0. The van der Waals surface area contributed by atoms with E-state index in [1.807, 2.05) is 0 Å². The normalized spacial score (nSPS) is 11.7. The van der Waals surface area contributed by atoms with Gasteiger partial charge in [0.2, 0.25) is 0 Å². The first-order chi connectivity index (χ1) is 11.1.